The largest absolute Gasteiger partial charge is 0.312 e. The Kier molecular flexibility index (Phi) is 18.7. The van der Waals surface area contributed by atoms with Crippen molar-refractivity contribution in [3.05, 3.63) is 0 Å². The van der Waals surface area contributed by atoms with Crippen molar-refractivity contribution in [3.8, 4) is 0 Å². The van der Waals surface area contributed by atoms with Crippen LogP contribution in [0.3, 0.4) is 0 Å². The van der Waals surface area contributed by atoms with E-state index < -0.39 is 0 Å². The lowest BCUT2D eigenvalue weighted by Gasteiger charge is -2.34. The molecule has 28 heavy (non-hydrogen) atoms. The molecule has 5 atom stereocenters. The van der Waals surface area contributed by atoms with Crippen molar-refractivity contribution >= 4 is 0 Å². The summed E-state index contributed by atoms with van der Waals surface area (Å²) >= 11 is 0. The molecule has 1 aliphatic carbocycles. The Morgan fingerprint density at radius 3 is 1.79 bits per heavy atom. The molecule has 5 nitrogen and oxygen atoms in total. The molecule has 0 aromatic rings. The van der Waals surface area contributed by atoms with Crippen LogP contribution in [0.5, 0.6) is 0 Å². The Balaban J connectivity index is 0.00000133. The lowest BCUT2D eigenvalue weighted by molar-refractivity contribution is 0.277. The van der Waals surface area contributed by atoms with Crippen LogP contribution >= 0.6 is 0 Å². The molecule has 170 valence electrons. The third-order valence-corrected chi connectivity index (χ3v) is 5.52. The first-order chi connectivity index (χ1) is 13.6. The molecule has 2 rings (SSSR count). The number of fused-ring (bicyclic) bond motifs is 1. The zero-order valence-corrected chi connectivity index (χ0v) is 20.2. The van der Waals surface area contributed by atoms with Crippen LogP contribution in [-0.4, -0.2) is 62.9 Å². The lowest BCUT2D eigenvalue weighted by atomic mass is 9.90. The molecule has 2 aliphatic rings. The van der Waals surface area contributed by atoms with Crippen molar-refractivity contribution < 1.29 is 0 Å². The summed E-state index contributed by atoms with van der Waals surface area (Å²) in [6.07, 6.45) is 7.79. The summed E-state index contributed by atoms with van der Waals surface area (Å²) in [4.78, 5) is 0. The fourth-order valence-corrected chi connectivity index (χ4v) is 3.97. The number of rotatable bonds is 1. The van der Waals surface area contributed by atoms with Gasteiger partial charge in [-0.05, 0) is 33.1 Å². The van der Waals surface area contributed by atoms with Gasteiger partial charge in [-0.2, -0.15) is 0 Å². The van der Waals surface area contributed by atoms with E-state index in [1.54, 1.807) is 0 Å². The van der Waals surface area contributed by atoms with Crippen LogP contribution in [0.15, 0.2) is 0 Å². The van der Waals surface area contributed by atoms with Gasteiger partial charge in [0.1, 0.15) is 0 Å². The van der Waals surface area contributed by atoms with Crippen molar-refractivity contribution in [3.63, 3.8) is 0 Å². The zero-order valence-electron chi connectivity index (χ0n) is 20.2. The zero-order chi connectivity index (χ0) is 21.2. The topological polar surface area (TPSA) is 60.1 Å². The van der Waals surface area contributed by atoms with Gasteiger partial charge in [0, 0.05) is 62.9 Å². The number of nitrogens with one attached hydrogen (secondary N) is 5. The third kappa shape index (κ3) is 12.4. The molecule has 0 amide bonds. The van der Waals surface area contributed by atoms with Crippen molar-refractivity contribution in [1.29, 1.82) is 0 Å². The molecule has 0 aromatic carbocycles. The summed E-state index contributed by atoms with van der Waals surface area (Å²) in [6.45, 7) is 20.4. The van der Waals surface area contributed by atoms with Crippen LogP contribution < -0.4 is 26.6 Å². The molecule has 1 aliphatic heterocycles. The average Bonchev–Trinajstić information content (AvgIpc) is 2.72. The highest BCUT2D eigenvalue weighted by Crippen LogP contribution is 2.18. The van der Waals surface area contributed by atoms with Crippen molar-refractivity contribution in [1.82, 2.24) is 26.6 Å². The van der Waals surface area contributed by atoms with E-state index >= 15 is 0 Å². The Morgan fingerprint density at radius 1 is 0.679 bits per heavy atom. The van der Waals surface area contributed by atoms with E-state index in [1.165, 1.54) is 38.5 Å². The SMILES string of the molecule is CC.CCC.CC[C@H]1NCCN[C@H](C)CN[C@@H]2CCCC[C@H]2NCCN[C@@H]1C. The van der Waals surface area contributed by atoms with E-state index in [-0.39, 0.29) is 0 Å². The summed E-state index contributed by atoms with van der Waals surface area (Å²) in [6, 6.07) is 2.87. The van der Waals surface area contributed by atoms with Gasteiger partial charge in [0.05, 0.1) is 0 Å². The minimum absolute atomic E-state index is 0.518. The Morgan fingerprint density at radius 2 is 1.18 bits per heavy atom. The molecule has 0 spiro atoms. The first kappa shape index (κ1) is 27.8. The van der Waals surface area contributed by atoms with Crippen LogP contribution in [0.1, 0.15) is 87.0 Å². The summed E-state index contributed by atoms with van der Waals surface area (Å²) in [5.41, 5.74) is 0. The van der Waals surface area contributed by atoms with Gasteiger partial charge in [-0.25, -0.2) is 0 Å². The highest BCUT2D eigenvalue weighted by atomic mass is 15.1. The molecule has 0 radical (unpaired) electrons. The van der Waals surface area contributed by atoms with Crippen LogP contribution in [-0.2, 0) is 0 Å². The van der Waals surface area contributed by atoms with E-state index in [0.29, 0.717) is 30.2 Å². The van der Waals surface area contributed by atoms with E-state index in [4.69, 9.17) is 0 Å². The van der Waals surface area contributed by atoms with Gasteiger partial charge >= 0.3 is 0 Å². The van der Waals surface area contributed by atoms with Gasteiger partial charge in [0.2, 0.25) is 0 Å². The quantitative estimate of drug-likeness (QED) is 0.468. The minimum Gasteiger partial charge on any atom is -0.312 e. The van der Waals surface area contributed by atoms with Crippen molar-refractivity contribution in [2.24, 2.45) is 0 Å². The smallest absolute Gasteiger partial charge is 0.0221 e. The Bertz CT molecular complexity index is 326. The second-order valence-corrected chi connectivity index (χ2v) is 8.13. The van der Waals surface area contributed by atoms with E-state index in [2.05, 4.69) is 61.2 Å². The lowest BCUT2D eigenvalue weighted by Crippen LogP contribution is -2.53. The van der Waals surface area contributed by atoms with Gasteiger partial charge < -0.3 is 26.6 Å². The van der Waals surface area contributed by atoms with Gasteiger partial charge in [0.25, 0.3) is 0 Å². The van der Waals surface area contributed by atoms with Crippen LogP contribution in [0.2, 0.25) is 0 Å². The number of hydrogen-bond donors (Lipinski definition) is 5. The minimum atomic E-state index is 0.518. The van der Waals surface area contributed by atoms with Crippen molar-refractivity contribution in [2.45, 2.75) is 117 Å². The fourth-order valence-electron chi connectivity index (χ4n) is 3.97. The first-order valence-electron chi connectivity index (χ1n) is 12.3. The second kappa shape index (κ2) is 18.8. The summed E-state index contributed by atoms with van der Waals surface area (Å²) in [5, 5.41) is 18.6. The molecule has 1 saturated carbocycles. The van der Waals surface area contributed by atoms with E-state index in [0.717, 1.165) is 32.7 Å². The van der Waals surface area contributed by atoms with E-state index in [9.17, 15) is 0 Å². The van der Waals surface area contributed by atoms with Crippen LogP contribution in [0, 0.1) is 0 Å². The number of hydrogen-bond acceptors (Lipinski definition) is 5. The van der Waals surface area contributed by atoms with Crippen LogP contribution in [0.25, 0.3) is 0 Å². The van der Waals surface area contributed by atoms with Gasteiger partial charge in [0.15, 0.2) is 0 Å². The molecule has 2 fully saturated rings. The monoisotopic (exact) mass is 399 g/mol. The van der Waals surface area contributed by atoms with Crippen molar-refractivity contribution in [2.75, 3.05) is 32.7 Å². The maximum absolute atomic E-state index is 3.80. The Labute approximate surface area is 177 Å². The van der Waals surface area contributed by atoms with Crippen LogP contribution in [0.4, 0.5) is 0 Å². The predicted molar refractivity (Wildman–Crippen MR) is 126 cm³/mol. The summed E-state index contributed by atoms with van der Waals surface area (Å²) in [5.74, 6) is 0. The maximum atomic E-state index is 3.80. The third-order valence-electron chi connectivity index (χ3n) is 5.52. The second-order valence-electron chi connectivity index (χ2n) is 8.13. The summed E-state index contributed by atoms with van der Waals surface area (Å²) in [7, 11) is 0. The summed E-state index contributed by atoms with van der Waals surface area (Å²) < 4.78 is 0. The first-order valence-corrected chi connectivity index (χ1v) is 12.3. The normalized spacial score (nSPS) is 32.9. The molecule has 0 aromatic heterocycles. The average molecular weight is 400 g/mol. The van der Waals surface area contributed by atoms with E-state index in [1.807, 2.05) is 13.8 Å². The molecular formula is C23H53N5. The highest BCUT2D eigenvalue weighted by Gasteiger charge is 2.24. The van der Waals surface area contributed by atoms with Gasteiger partial charge in [-0.15, -0.1) is 0 Å². The molecule has 0 unspecified atom stereocenters. The van der Waals surface area contributed by atoms with Gasteiger partial charge in [-0.3, -0.25) is 0 Å². The Hall–Kier alpha value is -0.200. The molecule has 1 saturated heterocycles. The molecule has 5 N–H and O–H groups in total. The highest BCUT2D eigenvalue weighted by molar-refractivity contribution is 4.88. The molecular weight excluding hydrogens is 346 g/mol. The fraction of sp³-hybridized carbons (Fsp3) is 1.00. The predicted octanol–water partition coefficient (Wildman–Crippen LogP) is 3.26. The molecule has 5 heteroatoms. The van der Waals surface area contributed by atoms with Gasteiger partial charge in [-0.1, -0.05) is 53.9 Å². The molecule has 1 heterocycles. The maximum Gasteiger partial charge on any atom is 0.0221 e. The molecule has 0 bridgehead atoms. The standard InChI is InChI=1S/C18H39N5.C3H8.C2H6/c1-4-16-15(3)20-10-12-22-17-7-5-6-8-18(17)23-13-14(2)19-9-11-21-16;1-3-2;1-2/h14-23H,4-13H2,1-3H3;3H2,1-2H3;1-2H3/t14-,15-,16-,17-,18-;;/m1../s1.